The van der Waals surface area contributed by atoms with Gasteiger partial charge >= 0.3 is 5.97 Å². The van der Waals surface area contributed by atoms with Gasteiger partial charge in [0.2, 0.25) is 5.91 Å². The number of carboxylic acids is 1. The van der Waals surface area contributed by atoms with Gasteiger partial charge in [0.1, 0.15) is 0 Å². The average molecular weight is 263 g/mol. The molecular formula is C15H21NO3. The summed E-state index contributed by atoms with van der Waals surface area (Å²) in [5.74, 6) is -1.00. The van der Waals surface area contributed by atoms with E-state index in [1.54, 1.807) is 6.92 Å². The highest BCUT2D eigenvalue weighted by Crippen LogP contribution is 2.10. The van der Waals surface area contributed by atoms with Gasteiger partial charge in [-0.3, -0.25) is 9.59 Å². The second-order valence-corrected chi connectivity index (χ2v) is 5.06. The van der Waals surface area contributed by atoms with Crippen molar-refractivity contribution in [1.29, 1.82) is 0 Å². The number of hydrogen-bond donors (Lipinski definition) is 2. The first kappa shape index (κ1) is 15.2. The van der Waals surface area contributed by atoms with E-state index in [-0.39, 0.29) is 18.4 Å². The highest BCUT2D eigenvalue weighted by atomic mass is 16.4. The molecule has 0 radical (unpaired) electrons. The first-order chi connectivity index (χ1) is 8.86. The van der Waals surface area contributed by atoms with Crippen molar-refractivity contribution in [1.82, 2.24) is 5.32 Å². The van der Waals surface area contributed by atoms with Crippen LogP contribution in [0, 0.1) is 13.8 Å². The Labute approximate surface area is 113 Å². The lowest BCUT2D eigenvalue weighted by Crippen LogP contribution is -2.34. The predicted octanol–water partition coefficient (Wildman–Crippen LogP) is 2.22. The van der Waals surface area contributed by atoms with Crippen molar-refractivity contribution in [2.45, 2.75) is 46.1 Å². The minimum Gasteiger partial charge on any atom is -0.481 e. The van der Waals surface area contributed by atoms with Gasteiger partial charge in [-0.25, -0.2) is 0 Å². The number of nitrogens with one attached hydrogen (secondary N) is 1. The molecule has 1 aromatic rings. The van der Waals surface area contributed by atoms with Gasteiger partial charge in [-0.05, 0) is 32.8 Å². The van der Waals surface area contributed by atoms with Crippen LogP contribution in [-0.2, 0) is 16.0 Å². The third-order valence-electron chi connectivity index (χ3n) is 2.81. The number of aliphatic carboxylic acids is 1. The molecule has 1 amide bonds. The Balaban J connectivity index is 2.43. The number of carboxylic acid groups (broad SMARTS) is 1. The van der Waals surface area contributed by atoms with Crippen LogP contribution < -0.4 is 5.32 Å². The Morgan fingerprint density at radius 2 is 1.79 bits per heavy atom. The summed E-state index contributed by atoms with van der Waals surface area (Å²) in [6, 6.07) is 5.91. The van der Waals surface area contributed by atoms with E-state index < -0.39 is 5.97 Å². The summed E-state index contributed by atoms with van der Waals surface area (Å²) in [6.45, 7) is 5.76. The van der Waals surface area contributed by atoms with Crippen LogP contribution >= 0.6 is 0 Å². The molecule has 0 aliphatic heterocycles. The number of hydrogen-bond acceptors (Lipinski definition) is 2. The minimum atomic E-state index is -0.901. The molecule has 4 nitrogen and oxygen atoms in total. The van der Waals surface area contributed by atoms with E-state index in [1.807, 2.05) is 13.8 Å². The molecule has 4 heteroatoms. The fraction of sp³-hybridized carbons (Fsp3) is 0.467. The Morgan fingerprint density at radius 1 is 1.21 bits per heavy atom. The number of carbonyl (C=O) groups is 2. The fourth-order valence-corrected chi connectivity index (χ4v) is 2.13. The first-order valence-corrected chi connectivity index (χ1v) is 6.45. The van der Waals surface area contributed by atoms with Crippen LogP contribution in [0.1, 0.15) is 36.5 Å². The first-order valence-electron chi connectivity index (χ1n) is 6.45. The highest BCUT2D eigenvalue weighted by Gasteiger charge is 2.10. The smallest absolute Gasteiger partial charge is 0.305 e. The number of carbonyl (C=O) groups excluding carboxylic acids is 1. The van der Waals surface area contributed by atoms with Crippen molar-refractivity contribution in [3.05, 3.63) is 34.9 Å². The van der Waals surface area contributed by atoms with Crippen molar-refractivity contribution in [2.75, 3.05) is 0 Å². The van der Waals surface area contributed by atoms with E-state index in [0.717, 1.165) is 5.56 Å². The van der Waals surface area contributed by atoms with Crippen molar-refractivity contribution >= 4 is 11.9 Å². The molecule has 0 fully saturated rings. The summed E-state index contributed by atoms with van der Waals surface area (Å²) >= 11 is 0. The molecule has 0 saturated carbocycles. The van der Waals surface area contributed by atoms with Gasteiger partial charge in [0, 0.05) is 12.5 Å². The molecule has 0 aromatic heterocycles. The molecule has 0 aliphatic rings. The maximum absolute atomic E-state index is 11.7. The predicted molar refractivity (Wildman–Crippen MR) is 74.1 cm³/mol. The van der Waals surface area contributed by atoms with Gasteiger partial charge in [0.25, 0.3) is 0 Å². The summed E-state index contributed by atoms with van der Waals surface area (Å²) in [4.78, 5) is 22.2. The molecule has 19 heavy (non-hydrogen) atoms. The zero-order valence-corrected chi connectivity index (χ0v) is 11.7. The van der Waals surface area contributed by atoms with E-state index in [0.29, 0.717) is 12.8 Å². The topological polar surface area (TPSA) is 66.4 Å². The maximum Gasteiger partial charge on any atom is 0.305 e. The van der Waals surface area contributed by atoms with Crippen molar-refractivity contribution in [3.8, 4) is 0 Å². The standard InChI is InChI=1S/C15H21NO3/c1-10-6-11(2)8-13(7-10)4-5-14(17)16-12(3)9-15(18)19/h6-8,12H,4-5,9H2,1-3H3,(H,16,17)(H,18,19). The third kappa shape index (κ3) is 6.04. The lowest BCUT2D eigenvalue weighted by molar-refractivity contribution is -0.137. The van der Waals surface area contributed by atoms with E-state index in [2.05, 4.69) is 23.5 Å². The largest absolute Gasteiger partial charge is 0.481 e. The van der Waals surface area contributed by atoms with Gasteiger partial charge in [-0.1, -0.05) is 29.3 Å². The second-order valence-electron chi connectivity index (χ2n) is 5.06. The van der Waals surface area contributed by atoms with Crippen molar-refractivity contribution in [2.24, 2.45) is 0 Å². The lowest BCUT2D eigenvalue weighted by Gasteiger charge is -2.11. The van der Waals surface area contributed by atoms with E-state index in [9.17, 15) is 9.59 Å². The average Bonchev–Trinajstić information content (AvgIpc) is 2.23. The molecule has 1 unspecified atom stereocenters. The van der Waals surface area contributed by atoms with Crippen LogP contribution in [0.2, 0.25) is 0 Å². The minimum absolute atomic E-state index is 0.0463. The molecule has 0 saturated heterocycles. The molecule has 0 bridgehead atoms. The zero-order chi connectivity index (χ0) is 14.4. The van der Waals surface area contributed by atoms with E-state index in [4.69, 9.17) is 5.11 Å². The molecule has 2 N–H and O–H groups in total. The van der Waals surface area contributed by atoms with Crippen LogP contribution in [-0.4, -0.2) is 23.0 Å². The second kappa shape index (κ2) is 6.92. The maximum atomic E-state index is 11.7. The van der Waals surface area contributed by atoms with Crippen molar-refractivity contribution < 1.29 is 14.7 Å². The summed E-state index contributed by atoms with van der Waals surface area (Å²) in [6.07, 6.45) is 1.01. The van der Waals surface area contributed by atoms with Gasteiger partial charge in [-0.15, -0.1) is 0 Å². The van der Waals surface area contributed by atoms with Crippen LogP contribution in [0.5, 0.6) is 0 Å². The fourth-order valence-electron chi connectivity index (χ4n) is 2.13. The monoisotopic (exact) mass is 263 g/mol. The normalized spacial score (nSPS) is 11.9. The van der Waals surface area contributed by atoms with Crippen LogP contribution in [0.3, 0.4) is 0 Å². The Bertz CT molecular complexity index is 448. The number of amides is 1. The van der Waals surface area contributed by atoms with Gasteiger partial charge in [-0.2, -0.15) is 0 Å². The molecule has 1 aromatic carbocycles. The summed E-state index contributed by atoms with van der Waals surface area (Å²) in [5, 5.41) is 11.3. The molecule has 0 aliphatic carbocycles. The highest BCUT2D eigenvalue weighted by molar-refractivity contribution is 5.77. The van der Waals surface area contributed by atoms with Crippen LogP contribution in [0.25, 0.3) is 0 Å². The Kier molecular flexibility index (Phi) is 5.55. The number of rotatable bonds is 6. The Hall–Kier alpha value is -1.84. The molecule has 0 spiro atoms. The van der Waals surface area contributed by atoms with Gasteiger partial charge < -0.3 is 10.4 Å². The molecular weight excluding hydrogens is 242 g/mol. The molecule has 104 valence electrons. The van der Waals surface area contributed by atoms with Crippen LogP contribution in [0.4, 0.5) is 0 Å². The zero-order valence-electron chi connectivity index (χ0n) is 11.7. The molecule has 1 atom stereocenters. The van der Waals surface area contributed by atoms with E-state index in [1.165, 1.54) is 11.1 Å². The third-order valence-corrected chi connectivity index (χ3v) is 2.81. The van der Waals surface area contributed by atoms with Gasteiger partial charge in [0.15, 0.2) is 0 Å². The molecule has 1 rings (SSSR count). The summed E-state index contributed by atoms with van der Waals surface area (Å²) in [5.41, 5.74) is 3.52. The van der Waals surface area contributed by atoms with Crippen molar-refractivity contribution in [3.63, 3.8) is 0 Å². The summed E-state index contributed by atoms with van der Waals surface area (Å²) < 4.78 is 0. The van der Waals surface area contributed by atoms with Gasteiger partial charge in [0.05, 0.1) is 6.42 Å². The Morgan fingerprint density at radius 3 is 2.32 bits per heavy atom. The summed E-state index contributed by atoms with van der Waals surface area (Å²) in [7, 11) is 0. The van der Waals surface area contributed by atoms with E-state index >= 15 is 0 Å². The quantitative estimate of drug-likeness (QED) is 0.827. The molecule has 0 heterocycles. The lowest BCUT2D eigenvalue weighted by atomic mass is 10.0. The SMILES string of the molecule is Cc1cc(C)cc(CCC(=O)NC(C)CC(=O)O)c1. The number of benzene rings is 1. The van der Waals surface area contributed by atoms with Crippen LogP contribution in [0.15, 0.2) is 18.2 Å². The number of aryl methyl sites for hydroxylation is 3.